The third-order valence-electron chi connectivity index (χ3n) is 6.81. The van der Waals surface area contributed by atoms with Crippen molar-refractivity contribution in [2.75, 3.05) is 26.1 Å². The van der Waals surface area contributed by atoms with E-state index in [0.29, 0.717) is 23.7 Å². The van der Waals surface area contributed by atoms with Crippen LogP contribution >= 0.6 is 24.8 Å². The number of aryl methyl sites for hydroxylation is 1. The minimum absolute atomic E-state index is 0. The summed E-state index contributed by atoms with van der Waals surface area (Å²) in [5, 5.41) is 19.2. The molecule has 1 aromatic heterocycles. The number of amidine groups is 1. The van der Waals surface area contributed by atoms with Crippen LogP contribution in [0.15, 0.2) is 18.2 Å². The fraction of sp³-hybridized carbons (Fsp3) is 0.615. The lowest BCUT2D eigenvalue weighted by Gasteiger charge is -2.36. The number of aromatic nitrogens is 2. The summed E-state index contributed by atoms with van der Waals surface area (Å²) in [6.45, 7) is 9.93. The molecule has 1 aliphatic rings. The molecule has 0 radical (unpaired) electrons. The van der Waals surface area contributed by atoms with Gasteiger partial charge in [0.05, 0.1) is 11.1 Å². The van der Waals surface area contributed by atoms with Crippen LogP contribution in [-0.2, 0) is 9.47 Å². The number of fused-ring (bicyclic) bond motifs is 1. The first-order valence-electron chi connectivity index (χ1n) is 12.2. The van der Waals surface area contributed by atoms with E-state index in [4.69, 9.17) is 14.9 Å². The monoisotopic (exact) mass is 556 g/mol. The van der Waals surface area contributed by atoms with Gasteiger partial charge >= 0.3 is 0 Å². The number of halogens is 2. The van der Waals surface area contributed by atoms with Crippen LogP contribution in [0, 0.1) is 12.3 Å². The van der Waals surface area contributed by atoms with Crippen molar-refractivity contribution in [2.24, 2.45) is 0 Å². The molecule has 1 fully saturated rings. The first-order valence-corrected chi connectivity index (χ1v) is 12.2. The lowest BCUT2D eigenvalue weighted by molar-refractivity contribution is 0.0227. The number of carbonyl (C=O) groups excluding carboxylic acids is 1. The van der Waals surface area contributed by atoms with Gasteiger partial charge < -0.3 is 25.4 Å². The summed E-state index contributed by atoms with van der Waals surface area (Å²) >= 11 is 0. The van der Waals surface area contributed by atoms with Crippen LogP contribution in [0.1, 0.15) is 69.6 Å². The number of nitrogens with one attached hydrogen (secondary N) is 4. The van der Waals surface area contributed by atoms with Crippen molar-refractivity contribution in [1.29, 1.82) is 5.41 Å². The average Bonchev–Trinajstić information content (AvgIpc) is 2.83. The van der Waals surface area contributed by atoms with Gasteiger partial charge in [0.25, 0.3) is 5.91 Å². The topological polar surface area (TPSA) is 121 Å². The summed E-state index contributed by atoms with van der Waals surface area (Å²) in [5.41, 5.74) is 0.608. The van der Waals surface area contributed by atoms with Gasteiger partial charge in [-0.05, 0) is 59.6 Å². The second-order valence-electron chi connectivity index (χ2n) is 10.4. The van der Waals surface area contributed by atoms with Gasteiger partial charge in [-0.25, -0.2) is 9.97 Å². The van der Waals surface area contributed by atoms with Crippen LogP contribution in [0.3, 0.4) is 0 Å². The minimum atomic E-state index is -0.692. The van der Waals surface area contributed by atoms with E-state index in [9.17, 15) is 4.79 Å². The lowest BCUT2D eigenvalue weighted by atomic mass is 9.89. The van der Waals surface area contributed by atoms with E-state index in [1.165, 1.54) is 0 Å². The van der Waals surface area contributed by atoms with Crippen LogP contribution in [-0.4, -0.2) is 65.8 Å². The highest BCUT2D eigenvalue weighted by Crippen LogP contribution is 2.27. The second-order valence-corrected chi connectivity index (χ2v) is 10.4. The summed E-state index contributed by atoms with van der Waals surface area (Å²) in [6.07, 6.45) is 4.03. The van der Waals surface area contributed by atoms with Gasteiger partial charge in [-0.2, -0.15) is 0 Å². The number of anilines is 1. The first-order chi connectivity index (χ1) is 16.5. The molecular weight excluding hydrogens is 515 g/mol. The number of benzene rings is 1. The molecule has 1 saturated carbocycles. The molecule has 4 N–H and O–H groups in total. The van der Waals surface area contributed by atoms with Crippen LogP contribution in [0.4, 0.5) is 5.82 Å². The van der Waals surface area contributed by atoms with Crippen molar-refractivity contribution in [2.45, 2.75) is 83.6 Å². The van der Waals surface area contributed by atoms with Crippen LogP contribution in [0.2, 0.25) is 0 Å². The molecule has 0 unspecified atom stereocenters. The molecule has 37 heavy (non-hydrogen) atoms. The molecule has 0 spiro atoms. The molecule has 208 valence electrons. The van der Waals surface area contributed by atoms with E-state index in [1.54, 1.807) is 14.2 Å². The van der Waals surface area contributed by atoms with Gasteiger partial charge in [-0.15, -0.1) is 24.8 Å². The van der Waals surface area contributed by atoms with Gasteiger partial charge in [0.2, 0.25) is 5.82 Å². The van der Waals surface area contributed by atoms with Crippen LogP contribution in [0.5, 0.6) is 0 Å². The molecular formula is C26H42Cl2N6O3. The highest BCUT2D eigenvalue weighted by Gasteiger charge is 2.31. The van der Waals surface area contributed by atoms with E-state index in [0.717, 1.165) is 36.6 Å². The smallest absolute Gasteiger partial charge is 0.289 e. The molecule has 1 aromatic carbocycles. The zero-order valence-corrected chi connectivity index (χ0v) is 24.5. The highest BCUT2D eigenvalue weighted by atomic mass is 35.5. The molecule has 0 bridgehead atoms. The van der Waals surface area contributed by atoms with Gasteiger partial charge in [0.1, 0.15) is 17.3 Å². The van der Waals surface area contributed by atoms with E-state index < -0.39 is 11.2 Å². The van der Waals surface area contributed by atoms with Gasteiger partial charge in [0, 0.05) is 38.2 Å². The summed E-state index contributed by atoms with van der Waals surface area (Å²) in [5.74, 6) is 0.751. The number of carbonyl (C=O) groups is 1. The Hall–Kier alpha value is -2.20. The Bertz CT molecular complexity index is 1080. The van der Waals surface area contributed by atoms with Crippen molar-refractivity contribution in [3.05, 3.63) is 29.6 Å². The van der Waals surface area contributed by atoms with Gasteiger partial charge in [-0.3, -0.25) is 10.2 Å². The Morgan fingerprint density at radius 1 is 1.05 bits per heavy atom. The summed E-state index contributed by atoms with van der Waals surface area (Å²) in [4.78, 5) is 22.1. The summed E-state index contributed by atoms with van der Waals surface area (Å²) < 4.78 is 10.9. The molecule has 1 aliphatic carbocycles. The largest absolute Gasteiger partial charge is 0.377 e. The maximum Gasteiger partial charge on any atom is 0.289 e. The molecule has 11 heteroatoms. The molecule has 3 rings (SSSR count). The lowest BCUT2D eigenvalue weighted by Crippen LogP contribution is -2.54. The molecule has 0 aliphatic heterocycles. The highest BCUT2D eigenvalue weighted by molar-refractivity contribution is 5.96. The number of methoxy groups -OCH3 is 2. The Labute approximate surface area is 232 Å². The average molecular weight is 558 g/mol. The summed E-state index contributed by atoms with van der Waals surface area (Å²) in [6, 6.07) is 6.02. The number of hydrogen-bond acceptors (Lipinski definition) is 7. The van der Waals surface area contributed by atoms with Gasteiger partial charge in [0.15, 0.2) is 0 Å². The Morgan fingerprint density at radius 3 is 2.32 bits per heavy atom. The van der Waals surface area contributed by atoms with Crippen molar-refractivity contribution < 1.29 is 14.3 Å². The fourth-order valence-electron chi connectivity index (χ4n) is 4.01. The summed E-state index contributed by atoms with van der Waals surface area (Å²) in [7, 11) is 3.23. The molecule has 2 aromatic rings. The van der Waals surface area contributed by atoms with Crippen LogP contribution < -0.4 is 16.0 Å². The number of hydrogen-bond donors (Lipinski definition) is 4. The zero-order valence-electron chi connectivity index (χ0n) is 22.9. The van der Waals surface area contributed by atoms with Crippen molar-refractivity contribution in [3.8, 4) is 0 Å². The predicted octanol–water partition coefficient (Wildman–Crippen LogP) is 4.65. The third-order valence-corrected chi connectivity index (χ3v) is 6.81. The Kier molecular flexibility index (Phi) is 12.0. The fourth-order valence-corrected chi connectivity index (χ4v) is 4.01. The van der Waals surface area contributed by atoms with E-state index >= 15 is 0 Å². The van der Waals surface area contributed by atoms with Gasteiger partial charge in [-0.1, -0.05) is 24.5 Å². The van der Waals surface area contributed by atoms with Crippen molar-refractivity contribution in [1.82, 2.24) is 20.6 Å². The standard InChI is InChI=1S/C26H40N6O3.2ClH/c1-16-12-13-18-17(14-16)21(32-22(29-18)23(33)28-15-25(2,3)34-6)30-19-10-8-9-11-20(19)31-24(27)26(4,5)35-7;;/h12-14,19-20H,8-11,15H2,1-7H3,(H2,27,31)(H,28,33)(H,29,30,32);2*1H/t19-,20+;;/m0../s1. The Morgan fingerprint density at radius 2 is 1.70 bits per heavy atom. The predicted molar refractivity (Wildman–Crippen MR) is 154 cm³/mol. The number of ether oxygens (including phenoxy) is 2. The number of rotatable bonds is 9. The van der Waals surface area contributed by atoms with Crippen molar-refractivity contribution >= 4 is 53.3 Å². The maximum absolute atomic E-state index is 12.9. The molecule has 2 atom stereocenters. The van der Waals surface area contributed by atoms with E-state index in [2.05, 4.69) is 25.9 Å². The third kappa shape index (κ3) is 8.40. The quantitative estimate of drug-likeness (QED) is 0.262. The number of nitrogens with zero attached hydrogens (tertiary/aromatic N) is 2. The molecule has 0 saturated heterocycles. The SMILES string of the molecule is COC(C)(C)CNC(=O)c1nc(N[C@H]2CCCC[C@H]2NC(=N)C(C)(C)OC)c2cc(C)ccc2n1.Cl.Cl. The first kappa shape index (κ1) is 32.8. The number of amides is 1. The Balaban J connectivity index is 0.00000342. The van der Waals surface area contributed by atoms with E-state index in [-0.39, 0.29) is 48.6 Å². The zero-order chi connectivity index (χ0) is 25.8. The van der Waals surface area contributed by atoms with Crippen LogP contribution in [0.25, 0.3) is 10.9 Å². The molecule has 1 amide bonds. The minimum Gasteiger partial charge on any atom is -0.377 e. The van der Waals surface area contributed by atoms with E-state index in [1.807, 2.05) is 52.8 Å². The normalized spacial score (nSPS) is 17.8. The molecule has 9 nitrogen and oxygen atoms in total. The molecule has 1 heterocycles. The maximum atomic E-state index is 12.9. The van der Waals surface area contributed by atoms with Crippen molar-refractivity contribution in [3.63, 3.8) is 0 Å². The second kappa shape index (κ2) is 13.6.